The molecule has 0 bridgehead atoms. The van der Waals surface area contributed by atoms with Gasteiger partial charge in [-0.25, -0.2) is 0 Å². The molecule has 18 heavy (non-hydrogen) atoms. The van der Waals surface area contributed by atoms with Crippen molar-refractivity contribution in [3.63, 3.8) is 0 Å². The Bertz CT molecular complexity index is 472. The second kappa shape index (κ2) is 5.32. The molecule has 0 radical (unpaired) electrons. The molecule has 2 nitrogen and oxygen atoms in total. The minimum atomic E-state index is 0.662. The summed E-state index contributed by atoms with van der Waals surface area (Å²) in [6, 6.07) is 15.6. The molecule has 0 atom stereocenters. The van der Waals surface area contributed by atoms with Gasteiger partial charge in [0.25, 0.3) is 0 Å². The first-order valence-electron chi connectivity index (χ1n) is 6.59. The number of benzene rings is 1. The van der Waals surface area contributed by atoms with Crippen molar-refractivity contribution in [3.05, 3.63) is 66.0 Å². The van der Waals surface area contributed by atoms with Crippen LogP contribution in [0.2, 0.25) is 0 Å². The first kappa shape index (κ1) is 11.4. The standard InChI is InChI=1S/C16H18N2/c1-2-6-14(7-3-1)15-9-16(10-15)18-12-13-5-4-8-17-11-13/h1-8,11,15-16,18H,9-10,12H2. The molecule has 0 unspecified atom stereocenters. The number of hydrogen-bond acceptors (Lipinski definition) is 2. The maximum atomic E-state index is 4.13. The second-order valence-electron chi connectivity index (χ2n) is 5.02. The smallest absolute Gasteiger partial charge is 0.0312 e. The van der Waals surface area contributed by atoms with E-state index in [1.807, 2.05) is 18.5 Å². The summed E-state index contributed by atoms with van der Waals surface area (Å²) in [4.78, 5) is 4.13. The average Bonchev–Trinajstić information content (AvgIpc) is 2.39. The fourth-order valence-corrected chi connectivity index (χ4v) is 2.55. The number of hydrogen-bond donors (Lipinski definition) is 1. The van der Waals surface area contributed by atoms with E-state index in [4.69, 9.17) is 0 Å². The minimum Gasteiger partial charge on any atom is -0.310 e. The largest absolute Gasteiger partial charge is 0.310 e. The zero-order chi connectivity index (χ0) is 12.2. The van der Waals surface area contributed by atoms with Crippen molar-refractivity contribution in [2.24, 2.45) is 0 Å². The van der Waals surface area contributed by atoms with Crippen LogP contribution in [-0.2, 0) is 6.54 Å². The van der Waals surface area contributed by atoms with Crippen molar-refractivity contribution in [2.75, 3.05) is 0 Å². The van der Waals surface area contributed by atoms with E-state index >= 15 is 0 Å². The number of nitrogens with zero attached hydrogens (tertiary/aromatic N) is 1. The number of nitrogens with one attached hydrogen (secondary N) is 1. The van der Waals surface area contributed by atoms with Crippen LogP contribution in [-0.4, -0.2) is 11.0 Å². The molecular weight excluding hydrogens is 220 g/mol. The molecule has 0 amide bonds. The van der Waals surface area contributed by atoms with Gasteiger partial charge in [0, 0.05) is 25.0 Å². The number of aromatic nitrogens is 1. The van der Waals surface area contributed by atoms with Crippen LogP contribution in [0.3, 0.4) is 0 Å². The second-order valence-corrected chi connectivity index (χ2v) is 5.02. The quantitative estimate of drug-likeness (QED) is 0.885. The van der Waals surface area contributed by atoms with Crippen LogP contribution in [0.15, 0.2) is 54.9 Å². The van der Waals surface area contributed by atoms with Gasteiger partial charge >= 0.3 is 0 Å². The summed E-state index contributed by atoms with van der Waals surface area (Å²) >= 11 is 0. The lowest BCUT2D eigenvalue weighted by Crippen LogP contribution is -2.39. The Morgan fingerprint density at radius 3 is 2.61 bits per heavy atom. The maximum Gasteiger partial charge on any atom is 0.0312 e. The highest BCUT2D eigenvalue weighted by Crippen LogP contribution is 2.36. The molecule has 1 aromatic heterocycles. The third kappa shape index (κ3) is 2.59. The molecule has 1 aliphatic rings. The van der Waals surface area contributed by atoms with Gasteiger partial charge in [-0.15, -0.1) is 0 Å². The number of pyridine rings is 1. The predicted molar refractivity (Wildman–Crippen MR) is 73.3 cm³/mol. The zero-order valence-electron chi connectivity index (χ0n) is 10.4. The Balaban J connectivity index is 1.46. The molecule has 0 saturated heterocycles. The maximum absolute atomic E-state index is 4.13. The van der Waals surface area contributed by atoms with Gasteiger partial charge < -0.3 is 5.32 Å². The Morgan fingerprint density at radius 2 is 1.89 bits per heavy atom. The van der Waals surface area contributed by atoms with Crippen molar-refractivity contribution in [2.45, 2.75) is 31.3 Å². The fraction of sp³-hybridized carbons (Fsp3) is 0.312. The van der Waals surface area contributed by atoms with E-state index in [2.05, 4.69) is 46.7 Å². The average molecular weight is 238 g/mol. The summed E-state index contributed by atoms with van der Waals surface area (Å²) in [5, 5.41) is 3.60. The van der Waals surface area contributed by atoms with Crippen molar-refractivity contribution < 1.29 is 0 Å². The highest BCUT2D eigenvalue weighted by Gasteiger charge is 2.29. The third-order valence-electron chi connectivity index (χ3n) is 3.73. The Labute approximate surface area is 108 Å². The van der Waals surface area contributed by atoms with Crippen LogP contribution < -0.4 is 5.32 Å². The van der Waals surface area contributed by atoms with Gasteiger partial charge in [0.1, 0.15) is 0 Å². The van der Waals surface area contributed by atoms with E-state index < -0.39 is 0 Å². The molecule has 2 heteroatoms. The van der Waals surface area contributed by atoms with E-state index in [0.29, 0.717) is 6.04 Å². The Kier molecular flexibility index (Phi) is 3.37. The summed E-state index contributed by atoms with van der Waals surface area (Å²) in [5.74, 6) is 0.748. The molecule has 1 aliphatic carbocycles. The first-order valence-corrected chi connectivity index (χ1v) is 6.59. The van der Waals surface area contributed by atoms with E-state index in [-0.39, 0.29) is 0 Å². The van der Waals surface area contributed by atoms with Gasteiger partial charge in [0.15, 0.2) is 0 Å². The third-order valence-corrected chi connectivity index (χ3v) is 3.73. The van der Waals surface area contributed by atoms with Crippen LogP contribution in [0.25, 0.3) is 0 Å². The molecule has 0 aliphatic heterocycles. The van der Waals surface area contributed by atoms with Gasteiger partial charge in [-0.3, -0.25) is 4.98 Å². The van der Waals surface area contributed by atoms with Crippen LogP contribution in [0.5, 0.6) is 0 Å². The van der Waals surface area contributed by atoms with Crippen LogP contribution in [0, 0.1) is 0 Å². The molecular formula is C16H18N2. The summed E-state index contributed by atoms with van der Waals surface area (Å²) in [6.07, 6.45) is 6.26. The van der Waals surface area contributed by atoms with Gasteiger partial charge in [0.2, 0.25) is 0 Å². The summed E-state index contributed by atoms with van der Waals surface area (Å²) in [7, 11) is 0. The zero-order valence-corrected chi connectivity index (χ0v) is 10.4. The van der Waals surface area contributed by atoms with E-state index in [1.54, 1.807) is 0 Å². The molecule has 1 fully saturated rings. The van der Waals surface area contributed by atoms with Gasteiger partial charge in [-0.05, 0) is 36.0 Å². The van der Waals surface area contributed by atoms with E-state index in [1.165, 1.54) is 24.0 Å². The Hall–Kier alpha value is -1.67. The lowest BCUT2D eigenvalue weighted by atomic mass is 9.76. The number of rotatable bonds is 4. The Morgan fingerprint density at radius 1 is 1.06 bits per heavy atom. The molecule has 92 valence electrons. The lowest BCUT2D eigenvalue weighted by Gasteiger charge is -2.36. The fourth-order valence-electron chi connectivity index (χ4n) is 2.55. The SMILES string of the molecule is c1ccc(C2CC(NCc3cccnc3)C2)cc1. The summed E-state index contributed by atoms with van der Waals surface area (Å²) < 4.78 is 0. The highest BCUT2D eigenvalue weighted by molar-refractivity contribution is 5.22. The first-order chi connectivity index (χ1) is 8.92. The highest BCUT2D eigenvalue weighted by atomic mass is 14.9. The molecule has 1 saturated carbocycles. The van der Waals surface area contributed by atoms with Crippen molar-refractivity contribution in [1.82, 2.24) is 10.3 Å². The van der Waals surface area contributed by atoms with Crippen molar-refractivity contribution in [3.8, 4) is 0 Å². The molecule has 0 spiro atoms. The molecule has 1 aromatic carbocycles. The monoisotopic (exact) mass is 238 g/mol. The van der Waals surface area contributed by atoms with E-state index in [9.17, 15) is 0 Å². The summed E-state index contributed by atoms with van der Waals surface area (Å²) in [6.45, 7) is 0.931. The lowest BCUT2D eigenvalue weighted by molar-refractivity contribution is 0.289. The van der Waals surface area contributed by atoms with Crippen LogP contribution in [0.4, 0.5) is 0 Å². The van der Waals surface area contributed by atoms with Crippen LogP contribution >= 0.6 is 0 Å². The topological polar surface area (TPSA) is 24.9 Å². The molecule has 1 N–H and O–H groups in total. The van der Waals surface area contributed by atoms with E-state index in [0.717, 1.165) is 12.5 Å². The normalized spacial score (nSPS) is 22.4. The molecule has 2 aromatic rings. The molecule has 1 heterocycles. The molecule has 3 rings (SSSR count). The van der Waals surface area contributed by atoms with Gasteiger partial charge in [-0.2, -0.15) is 0 Å². The van der Waals surface area contributed by atoms with Crippen molar-refractivity contribution >= 4 is 0 Å². The predicted octanol–water partition coefficient (Wildman–Crippen LogP) is 3.12. The van der Waals surface area contributed by atoms with Gasteiger partial charge in [0.05, 0.1) is 0 Å². The van der Waals surface area contributed by atoms with Crippen molar-refractivity contribution in [1.29, 1.82) is 0 Å². The summed E-state index contributed by atoms with van der Waals surface area (Å²) in [5.41, 5.74) is 2.75. The minimum absolute atomic E-state index is 0.662. The van der Waals surface area contributed by atoms with Crippen LogP contribution in [0.1, 0.15) is 29.9 Å². The van der Waals surface area contributed by atoms with Gasteiger partial charge in [-0.1, -0.05) is 36.4 Å².